The topological polar surface area (TPSA) is 52.3 Å². The molecule has 1 atom stereocenters. The highest BCUT2D eigenvalue weighted by molar-refractivity contribution is 5.65. The number of amides is 1. The van der Waals surface area contributed by atoms with E-state index in [4.69, 9.17) is 10.5 Å². The van der Waals surface area contributed by atoms with Crippen molar-refractivity contribution in [1.29, 1.82) is 0 Å². The van der Waals surface area contributed by atoms with Gasteiger partial charge < -0.3 is 10.5 Å². The standard InChI is InChI=1S/C12H25NO2/c1-5-6-7-8-9-10(2)12(3,4)15-11(13)14/h10H,5-9H2,1-4H3,(H2,13,14). The molecule has 0 aliphatic carbocycles. The fraction of sp³-hybridized carbons (Fsp3) is 0.917. The number of rotatable bonds is 7. The lowest BCUT2D eigenvalue weighted by molar-refractivity contribution is 0.00122. The van der Waals surface area contributed by atoms with Gasteiger partial charge in [0, 0.05) is 0 Å². The quantitative estimate of drug-likeness (QED) is 0.661. The van der Waals surface area contributed by atoms with E-state index in [-0.39, 0.29) is 0 Å². The first-order chi connectivity index (χ1) is 6.90. The summed E-state index contributed by atoms with van der Waals surface area (Å²) in [6.07, 6.45) is 5.38. The van der Waals surface area contributed by atoms with Crippen LogP contribution in [0.4, 0.5) is 4.79 Å². The first-order valence-electron chi connectivity index (χ1n) is 5.88. The van der Waals surface area contributed by atoms with Gasteiger partial charge in [0.25, 0.3) is 0 Å². The average molecular weight is 215 g/mol. The molecule has 15 heavy (non-hydrogen) atoms. The second kappa shape index (κ2) is 6.70. The molecule has 0 bridgehead atoms. The van der Waals surface area contributed by atoms with Crippen LogP contribution in [0.5, 0.6) is 0 Å². The molecule has 1 amide bonds. The van der Waals surface area contributed by atoms with Gasteiger partial charge in [-0.25, -0.2) is 4.79 Å². The van der Waals surface area contributed by atoms with E-state index in [2.05, 4.69) is 13.8 Å². The van der Waals surface area contributed by atoms with E-state index >= 15 is 0 Å². The Morgan fingerprint density at radius 1 is 1.33 bits per heavy atom. The van der Waals surface area contributed by atoms with Gasteiger partial charge in [-0.15, -0.1) is 0 Å². The number of carbonyl (C=O) groups is 1. The molecule has 0 aliphatic rings. The second-order valence-corrected chi connectivity index (χ2v) is 4.77. The molecule has 0 heterocycles. The zero-order valence-corrected chi connectivity index (χ0v) is 10.5. The number of primary amides is 1. The summed E-state index contributed by atoms with van der Waals surface area (Å²) >= 11 is 0. The Balaban J connectivity index is 3.85. The van der Waals surface area contributed by atoms with Crippen molar-refractivity contribution in [2.75, 3.05) is 0 Å². The van der Waals surface area contributed by atoms with Gasteiger partial charge in [0.2, 0.25) is 0 Å². The van der Waals surface area contributed by atoms with Crippen LogP contribution in [0.15, 0.2) is 0 Å². The Kier molecular flexibility index (Phi) is 6.37. The fourth-order valence-corrected chi connectivity index (χ4v) is 1.58. The Morgan fingerprint density at radius 3 is 2.40 bits per heavy atom. The first kappa shape index (κ1) is 14.3. The molecule has 0 aliphatic heterocycles. The van der Waals surface area contributed by atoms with Gasteiger partial charge in [0.1, 0.15) is 5.60 Å². The van der Waals surface area contributed by atoms with Crippen molar-refractivity contribution in [3.8, 4) is 0 Å². The molecule has 0 saturated carbocycles. The summed E-state index contributed by atoms with van der Waals surface area (Å²) in [5, 5.41) is 0. The van der Waals surface area contributed by atoms with Crippen LogP contribution < -0.4 is 5.73 Å². The molecular weight excluding hydrogens is 190 g/mol. The lowest BCUT2D eigenvalue weighted by Gasteiger charge is -2.30. The predicted molar refractivity (Wildman–Crippen MR) is 62.7 cm³/mol. The van der Waals surface area contributed by atoms with Crippen LogP contribution in [0.2, 0.25) is 0 Å². The van der Waals surface area contributed by atoms with Gasteiger partial charge in [-0.05, 0) is 26.2 Å². The van der Waals surface area contributed by atoms with Crippen LogP contribution in [0.25, 0.3) is 0 Å². The highest BCUT2D eigenvalue weighted by Gasteiger charge is 2.28. The summed E-state index contributed by atoms with van der Waals surface area (Å²) in [6, 6.07) is 0. The normalized spacial score (nSPS) is 13.6. The molecular formula is C12H25NO2. The van der Waals surface area contributed by atoms with Gasteiger partial charge in [0.05, 0.1) is 0 Å². The Labute approximate surface area is 93.4 Å². The van der Waals surface area contributed by atoms with Crippen molar-refractivity contribution in [3.05, 3.63) is 0 Å². The van der Waals surface area contributed by atoms with E-state index in [1.54, 1.807) is 0 Å². The van der Waals surface area contributed by atoms with Gasteiger partial charge >= 0.3 is 6.09 Å². The number of ether oxygens (including phenoxy) is 1. The summed E-state index contributed by atoms with van der Waals surface area (Å²) in [5.41, 5.74) is 4.59. The van der Waals surface area contributed by atoms with Crippen LogP contribution in [0.3, 0.4) is 0 Å². The fourth-order valence-electron chi connectivity index (χ4n) is 1.58. The molecule has 0 saturated heterocycles. The lowest BCUT2D eigenvalue weighted by Crippen LogP contribution is -2.37. The van der Waals surface area contributed by atoms with E-state index in [1.807, 2.05) is 13.8 Å². The van der Waals surface area contributed by atoms with Crippen molar-refractivity contribution >= 4 is 6.09 Å². The lowest BCUT2D eigenvalue weighted by atomic mass is 9.88. The van der Waals surface area contributed by atoms with E-state index in [0.29, 0.717) is 5.92 Å². The first-order valence-corrected chi connectivity index (χ1v) is 5.88. The molecule has 0 aromatic rings. The van der Waals surface area contributed by atoms with Crippen molar-refractivity contribution in [1.82, 2.24) is 0 Å². The van der Waals surface area contributed by atoms with E-state index < -0.39 is 11.7 Å². The minimum Gasteiger partial charge on any atom is -0.443 e. The second-order valence-electron chi connectivity index (χ2n) is 4.77. The third kappa shape index (κ3) is 6.37. The SMILES string of the molecule is CCCCCCC(C)C(C)(C)OC(N)=O. The number of unbranched alkanes of at least 4 members (excludes halogenated alkanes) is 3. The van der Waals surface area contributed by atoms with E-state index in [1.165, 1.54) is 25.7 Å². The molecule has 90 valence electrons. The van der Waals surface area contributed by atoms with Crippen LogP contribution >= 0.6 is 0 Å². The summed E-state index contributed by atoms with van der Waals surface area (Å²) in [4.78, 5) is 10.7. The van der Waals surface area contributed by atoms with Crippen molar-refractivity contribution < 1.29 is 9.53 Å². The average Bonchev–Trinajstić information content (AvgIpc) is 2.10. The molecule has 0 spiro atoms. The Hall–Kier alpha value is -0.730. The number of nitrogens with two attached hydrogens (primary N) is 1. The van der Waals surface area contributed by atoms with E-state index in [9.17, 15) is 4.79 Å². The molecule has 0 aromatic carbocycles. The third-order valence-corrected chi connectivity index (χ3v) is 3.04. The highest BCUT2D eigenvalue weighted by atomic mass is 16.6. The molecule has 3 nitrogen and oxygen atoms in total. The predicted octanol–water partition coefficient (Wildman–Crippen LogP) is 3.47. The molecule has 0 radical (unpaired) electrons. The van der Waals surface area contributed by atoms with Crippen molar-refractivity contribution in [2.45, 2.75) is 65.4 Å². The third-order valence-electron chi connectivity index (χ3n) is 3.04. The zero-order valence-electron chi connectivity index (χ0n) is 10.5. The maximum atomic E-state index is 10.7. The maximum Gasteiger partial charge on any atom is 0.405 e. The van der Waals surface area contributed by atoms with Gasteiger partial charge in [-0.2, -0.15) is 0 Å². The van der Waals surface area contributed by atoms with Crippen molar-refractivity contribution in [3.63, 3.8) is 0 Å². The summed E-state index contributed by atoms with van der Waals surface area (Å²) in [5.74, 6) is 0.349. The van der Waals surface area contributed by atoms with Crippen LogP contribution in [0.1, 0.15) is 59.8 Å². The summed E-state index contributed by atoms with van der Waals surface area (Å²) in [7, 11) is 0. The smallest absolute Gasteiger partial charge is 0.405 e. The van der Waals surface area contributed by atoms with Crippen molar-refractivity contribution in [2.24, 2.45) is 11.7 Å². The van der Waals surface area contributed by atoms with Crippen LogP contribution in [0, 0.1) is 5.92 Å². The van der Waals surface area contributed by atoms with Gasteiger partial charge in [-0.1, -0.05) is 39.5 Å². The zero-order chi connectivity index (χ0) is 11.9. The Bertz CT molecular complexity index is 190. The minimum absolute atomic E-state index is 0.349. The molecule has 0 fully saturated rings. The monoisotopic (exact) mass is 215 g/mol. The molecule has 0 aromatic heterocycles. The molecule has 3 heteroatoms. The molecule has 0 rings (SSSR count). The van der Waals surface area contributed by atoms with Crippen LogP contribution in [-0.4, -0.2) is 11.7 Å². The maximum absolute atomic E-state index is 10.7. The highest BCUT2D eigenvalue weighted by Crippen LogP contribution is 2.26. The van der Waals surface area contributed by atoms with Crippen LogP contribution in [-0.2, 0) is 4.74 Å². The Morgan fingerprint density at radius 2 is 1.93 bits per heavy atom. The number of hydrogen-bond donors (Lipinski definition) is 1. The molecule has 2 N–H and O–H groups in total. The van der Waals surface area contributed by atoms with Gasteiger partial charge in [-0.3, -0.25) is 0 Å². The minimum atomic E-state index is -0.680. The number of carbonyl (C=O) groups excluding carboxylic acids is 1. The van der Waals surface area contributed by atoms with Gasteiger partial charge in [0.15, 0.2) is 0 Å². The van der Waals surface area contributed by atoms with E-state index in [0.717, 1.165) is 6.42 Å². The molecule has 1 unspecified atom stereocenters. The largest absolute Gasteiger partial charge is 0.443 e. The summed E-state index contributed by atoms with van der Waals surface area (Å²) in [6.45, 7) is 8.14. The summed E-state index contributed by atoms with van der Waals surface area (Å²) < 4.78 is 5.10. The number of hydrogen-bond acceptors (Lipinski definition) is 2.